The Bertz CT molecular complexity index is 437. The Morgan fingerprint density at radius 3 is 2.74 bits per heavy atom. The molecule has 3 heteroatoms. The fourth-order valence-corrected chi connectivity index (χ4v) is 2.51. The van der Waals surface area contributed by atoms with E-state index in [9.17, 15) is 0 Å². The van der Waals surface area contributed by atoms with E-state index in [-0.39, 0.29) is 0 Å². The summed E-state index contributed by atoms with van der Waals surface area (Å²) in [5, 5.41) is 6.80. The van der Waals surface area contributed by atoms with Gasteiger partial charge in [-0.2, -0.15) is 0 Å². The second-order valence-electron chi connectivity index (χ2n) is 5.65. The molecule has 0 spiro atoms. The Balaban J connectivity index is 1.51. The van der Waals surface area contributed by atoms with E-state index in [0.29, 0.717) is 6.04 Å². The van der Waals surface area contributed by atoms with E-state index in [1.54, 1.807) is 0 Å². The van der Waals surface area contributed by atoms with Gasteiger partial charge in [0.25, 0.3) is 0 Å². The molecule has 102 valence electrons. The zero-order chi connectivity index (χ0) is 13.1. The summed E-state index contributed by atoms with van der Waals surface area (Å²) in [6.45, 7) is 4.00. The lowest BCUT2D eigenvalue weighted by atomic mass is 10.1. The third-order valence-corrected chi connectivity index (χ3v) is 3.90. The first-order chi connectivity index (χ1) is 9.36. The predicted octanol–water partition coefficient (Wildman–Crippen LogP) is 2.51. The molecular formula is C16H23N3. The lowest BCUT2D eigenvalue weighted by Crippen LogP contribution is -2.38. The van der Waals surface area contributed by atoms with Crippen molar-refractivity contribution in [2.45, 2.75) is 38.1 Å². The fourth-order valence-electron chi connectivity index (χ4n) is 2.51. The molecule has 0 saturated heterocycles. The maximum Gasteiger partial charge on any atom is 0.191 e. The minimum absolute atomic E-state index is 0.668. The fraction of sp³-hybridized carbons (Fsp3) is 0.562. The quantitative estimate of drug-likeness (QED) is 0.628. The Labute approximate surface area is 115 Å². The molecule has 2 N–H and O–H groups in total. The van der Waals surface area contributed by atoms with Crippen molar-refractivity contribution in [3.05, 3.63) is 35.9 Å². The van der Waals surface area contributed by atoms with Crippen molar-refractivity contribution in [1.82, 2.24) is 10.6 Å². The zero-order valence-electron chi connectivity index (χ0n) is 11.6. The SMILES string of the molecule is CCNC(=NCC1CC1c1ccccc1)NC1CC1. The highest BCUT2D eigenvalue weighted by molar-refractivity contribution is 5.80. The Hall–Kier alpha value is -1.51. The summed E-state index contributed by atoms with van der Waals surface area (Å²) in [6.07, 6.45) is 3.87. The first-order valence-corrected chi connectivity index (χ1v) is 7.46. The van der Waals surface area contributed by atoms with Crippen LogP contribution in [-0.2, 0) is 0 Å². The molecule has 0 aliphatic heterocycles. The molecule has 2 atom stereocenters. The van der Waals surface area contributed by atoms with Gasteiger partial charge in [-0.3, -0.25) is 4.99 Å². The summed E-state index contributed by atoms with van der Waals surface area (Å²) in [7, 11) is 0. The zero-order valence-corrected chi connectivity index (χ0v) is 11.6. The van der Waals surface area contributed by atoms with Gasteiger partial charge in [0.05, 0.1) is 0 Å². The van der Waals surface area contributed by atoms with Gasteiger partial charge in [0.1, 0.15) is 0 Å². The highest BCUT2D eigenvalue weighted by Gasteiger charge is 2.37. The number of rotatable bonds is 5. The van der Waals surface area contributed by atoms with Gasteiger partial charge in [-0.25, -0.2) is 0 Å². The van der Waals surface area contributed by atoms with E-state index in [4.69, 9.17) is 4.99 Å². The molecule has 19 heavy (non-hydrogen) atoms. The second-order valence-corrected chi connectivity index (χ2v) is 5.65. The Morgan fingerprint density at radius 2 is 2.05 bits per heavy atom. The molecule has 3 rings (SSSR count). The van der Waals surface area contributed by atoms with Crippen LogP contribution in [0.2, 0.25) is 0 Å². The van der Waals surface area contributed by atoms with Crippen LogP contribution in [0.15, 0.2) is 35.3 Å². The van der Waals surface area contributed by atoms with Crippen LogP contribution < -0.4 is 10.6 Å². The summed E-state index contributed by atoms with van der Waals surface area (Å²) in [6, 6.07) is 11.5. The van der Waals surface area contributed by atoms with Gasteiger partial charge >= 0.3 is 0 Å². The molecule has 3 nitrogen and oxygen atoms in total. The number of guanidine groups is 1. The summed E-state index contributed by atoms with van der Waals surface area (Å²) in [4.78, 5) is 4.73. The maximum atomic E-state index is 4.73. The number of nitrogens with zero attached hydrogens (tertiary/aromatic N) is 1. The molecule has 0 heterocycles. The molecule has 0 radical (unpaired) electrons. The van der Waals surface area contributed by atoms with Crippen molar-refractivity contribution in [3.63, 3.8) is 0 Å². The summed E-state index contributed by atoms with van der Waals surface area (Å²) >= 11 is 0. The van der Waals surface area contributed by atoms with Crippen LogP contribution in [-0.4, -0.2) is 25.1 Å². The monoisotopic (exact) mass is 257 g/mol. The van der Waals surface area contributed by atoms with E-state index in [1.165, 1.54) is 24.8 Å². The highest BCUT2D eigenvalue weighted by Crippen LogP contribution is 2.47. The van der Waals surface area contributed by atoms with Crippen LogP contribution in [0, 0.1) is 5.92 Å². The number of nitrogens with one attached hydrogen (secondary N) is 2. The summed E-state index contributed by atoms with van der Waals surface area (Å²) in [5.74, 6) is 2.47. The number of aliphatic imine (C=N–C) groups is 1. The normalized spacial score (nSPS) is 26.1. The molecule has 1 aromatic carbocycles. The topological polar surface area (TPSA) is 36.4 Å². The van der Waals surface area contributed by atoms with E-state index in [2.05, 4.69) is 47.9 Å². The molecule has 2 saturated carbocycles. The van der Waals surface area contributed by atoms with E-state index >= 15 is 0 Å². The predicted molar refractivity (Wildman–Crippen MR) is 79.4 cm³/mol. The smallest absolute Gasteiger partial charge is 0.191 e. The molecule has 0 aromatic heterocycles. The summed E-state index contributed by atoms with van der Waals surface area (Å²) < 4.78 is 0. The largest absolute Gasteiger partial charge is 0.357 e. The van der Waals surface area contributed by atoms with Crippen molar-refractivity contribution in [2.75, 3.05) is 13.1 Å². The average Bonchev–Trinajstić information content (AvgIpc) is 3.33. The molecule has 2 unspecified atom stereocenters. The Kier molecular flexibility index (Phi) is 3.72. The van der Waals surface area contributed by atoms with E-state index in [0.717, 1.165) is 30.9 Å². The van der Waals surface area contributed by atoms with Gasteiger partial charge < -0.3 is 10.6 Å². The molecule has 2 aliphatic rings. The first-order valence-electron chi connectivity index (χ1n) is 7.46. The van der Waals surface area contributed by atoms with Gasteiger partial charge in [0.2, 0.25) is 0 Å². The van der Waals surface area contributed by atoms with E-state index < -0.39 is 0 Å². The number of benzene rings is 1. The van der Waals surface area contributed by atoms with Crippen molar-refractivity contribution in [2.24, 2.45) is 10.9 Å². The third kappa shape index (κ3) is 3.49. The molecular weight excluding hydrogens is 234 g/mol. The van der Waals surface area contributed by atoms with Gasteiger partial charge in [0.15, 0.2) is 5.96 Å². The Morgan fingerprint density at radius 1 is 1.26 bits per heavy atom. The second kappa shape index (κ2) is 5.64. The molecule has 2 aliphatic carbocycles. The first kappa shape index (κ1) is 12.5. The van der Waals surface area contributed by atoms with Gasteiger partial charge in [0, 0.05) is 19.1 Å². The van der Waals surface area contributed by atoms with Crippen LogP contribution in [0.1, 0.15) is 37.7 Å². The molecule has 0 bridgehead atoms. The van der Waals surface area contributed by atoms with Crippen molar-refractivity contribution in [3.8, 4) is 0 Å². The molecule has 1 aromatic rings. The van der Waals surface area contributed by atoms with Crippen LogP contribution in [0.4, 0.5) is 0 Å². The van der Waals surface area contributed by atoms with Crippen LogP contribution in [0.3, 0.4) is 0 Å². The van der Waals surface area contributed by atoms with Crippen LogP contribution in [0.5, 0.6) is 0 Å². The molecule has 0 amide bonds. The lowest BCUT2D eigenvalue weighted by molar-refractivity contribution is 0.768. The minimum Gasteiger partial charge on any atom is -0.357 e. The number of hydrogen-bond acceptors (Lipinski definition) is 1. The van der Waals surface area contributed by atoms with Crippen molar-refractivity contribution >= 4 is 5.96 Å². The lowest BCUT2D eigenvalue weighted by Gasteiger charge is -2.09. The van der Waals surface area contributed by atoms with Crippen LogP contribution in [0.25, 0.3) is 0 Å². The number of hydrogen-bond donors (Lipinski definition) is 2. The third-order valence-electron chi connectivity index (χ3n) is 3.90. The molecule has 2 fully saturated rings. The van der Waals surface area contributed by atoms with Gasteiger partial charge in [-0.15, -0.1) is 0 Å². The van der Waals surface area contributed by atoms with Crippen molar-refractivity contribution < 1.29 is 0 Å². The summed E-state index contributed by atoms with van der Waals surface area (Å²) in [5.41, 5.74) is 1.47. The average molecular weight is 257 g/mol. The minimum atomic E-state index is 0.668. The maximum absolute atomic E-state index is 4.73. The van der Waals surface area contributed by atoms with Crippen molar-refractivity contribution in [1.29, 1.82) is 0 Å². The van der Waals surface area contributed by atoms with E-state index in [1.807, 2.05) is 0 Å². The standard InChI is InChI=1S/C16H23N3/c1-2-17-16(19-14-8-9-14)18-11-13-10-15(13)12-6-4-3-5-7-12/h3-7,13-15H,2,8-11H2,1H3,(H2,17,18,19). The van der Waals surface area contributed by atoms with Gasteiger partial charge in [-0.05, 0) is 43.6 Å². The van der Waals surface area contributed by atoms with Crippen LogP contribution >= 0.6 is 0 Å². The highest BCUT2D eigenvalue weighted by atomic mass is 15.2. The van der Waals surface area contributed by atoms with Gasteiger partial charge in [-0.1, -0.05) is 30.3 Å².